The maximum Gasteiger partial charge on any atom is 0.243 e. The van der Waals surface area contributed by atoms with Crippen molar-refractivity contribution in [2.45, 2.75) is 38.1 Å². The predicted molar refractivity (Wildman–Crippen MR) is 152 cm³/mol. The van der Waals surface area contributed by atoms with Gasteiger partial charge in [0.1, 0.15) is 6.04 Å². The molecule has 3 aromatic rings. The molecule has 36 heavy (non-hydrogen) atoms. The van der Waals surface area contributed by atoms with Crippen LogP contribution in [0.25, 0.3) is 0 Å². The molecule has 1 atom stereocenters. The number of hydrogen-bond acceptors (Lipinski definition) is 3. The summed E-state index contributed by atoms with van der Waals surface area (Å²) in [6.45, 7) is 2.76. The van der Waals surface area contributed by atoms with Gasteiger partial charge in [0.15, 0.2) is 0 Å². The van der Waals surface area contributed by atoms with E-state index in [4.69, 9.17) is 34.8 Å². The third-order valence-electron chi connectivity index (χ3n) is 5.65. The Morgan fingerprint density at radius 2 is 1.53 bits per heavy atom. The van der Waals surface area contributed by atoms with Crippen molar-refractivity contribution in [3.05, 3.63) is 105 Å². The predicted octanol–water partition coefficient (Wildman–Crippen LogP) is 7.05. The second kappa shape index (κ2) is 14.5. The number of thioether (sulfide) groups is 1. The van der Waals surface area contributed by atoms with Crippen LogP contribution in [-0.2, 0) is 28.3 Å². The van der Waals surface area contributed by atoms with E-state index >= 15 is 0 Å². The van der Waals surface area contributed by atoms with Crippen molar-refractivity contribution in [1.29, 1.82) is 0 Å². The number of carbonyl (C=O) groups is 2. The summed E-state index contributed by atoms with van der Waals surface area (Å²) in [6.07, 6.45) is 1.20. The topological polar surface area (TPSA) is 49.4 Å². The Morgan fingerprint density at radius 1 is 0.889 bits per heavy atom. The molecule has 1 N–H and O–H groups in total. The standard InChI is InChI=1S/C28H29Cl3N2O2S/c1-2-15-32-28(35)26(16-20-9-4-3-5-10-20)33(17-21-11-6-7-12-23(21)29)27(34)19-36-18-22-24(30)13-8-14-25(22)31/h3-14,26H,2,15-19H2,1H3,(H,32,35)/t26-/m0/s1. The smallest absolute Gasteiger partial charge is 0.243 e. The third kappa shape index (κ3) is 8.17. The zero-order valence-corrected chi connectivity index (χ0v) is 23.1. The molecule has 0 aliphatic heterocycles. The van der Waals surface area contributed by atoms with Crippen molar-refractivity contribution < 1.29 is 9.59 Å². The third-order valence-corrected chi connectivity index (χ3v) is 7.67. The number of carbonyl (C=O) groups excluding carboxylic acids is 2. The van der Waals surface area contributed by atoms with Crippen molar-refractivity contribution in [2.75, 3.05) is 12.3 Å². The quantitative estimate of drug-likeness (QED) is 0.257. The summed E-state index contributed by atoms with van der Waals surface area (Å²) in [7, 11) is 0. The van der Waals surface area contributed by atoms with Gasteiger partial charge in [0, 0.05) is 40.3 Å². The van der Waals surface area contributed by atoms with Crippen LogP contribution < -0.4 is 5.32 Å². The summed E-state index contributed by atoms with van der Waals surface area (Å²) in [4.78, 5) is 28.6. The molecule has 0 aliphatic carbocycles. The number of benzene rings is 3. The average Bonchev–Trinajstić information content (AvgIpc) is 2.88. The number of hydrogen-bond donors (Lipinski definition) is 1. The van der Waals surface area contributed by atoms with Gasteiger partial charge in [-0.1, -0.05) is 96.3 Å². The van der Waals surface area contributed by atoms with Gasteiger partial charge in [-0.25, -0.2) is 0 Å². The lowest BCUT2D eigenvalue weighted by Gasteiger charge is -2.32. The number of nitrogens with one attached hydrogen (secondary N) is 1. The minimum Gasteiger partial charge on any atom is -0.354 e. The second-order valence-electron chi connectivity index (χ2n) is 8.30. The molecule has 0 aromatic heterocycles. The Morgan fingerprint density at radius 3 is 2.19 bits per heavy atom. The second-order valence-corrected chi connectivity index (χ2v) is 10.5. The first kappa shape index (κ1) is 28.4. The van der Waals surface area contributed by atoms with Gasteiger partial charge in [-0.2, -0.15) is 0 Å². The maximum absolute atomic E-state index is 13.6. The molecule has 8 heteroatoms. The zero-order valence-electron chi connectivity index (χ0n) is 20.1. The van der Waals surface area contributed by atoms with E-state index in [1.807, 2.05) is 55.5 Å². The van der Waals surface area contributed by atoms with Crippen LogP contribution in [0.2, 0.25) is 15.1 Å². The summed E-state index contributed by atoms with van der Waals surface area (Å²) in [5.74, 6) is 0.310. The van der Waals surface area contributed by atoms with Crippen molar-refractivity contribution in [3.63, 3.8) is 0 Å². The van der Waals surface area contributed by atoms with E-state index in [1.54, 1.807) is 29.2 Å². The van der Waals surface area contributed by atoms with Crippen LogP contribution >= 0.6 is 46.6 Å². The zero-order chi connectivity index (χ0) is 25.9. The normalized spacial score (nSPS) is 11.7. The molecule has 2 amide bonds. The van der Waals surface area contributed by atoms with Gasteiger partial charge in [0.05, 0.1) is 5.75 Å². The van der Waals surface area contributed by atoms with Crippen molar-refractivity contribution in [2.24, 2.45) is 0 Å². The van der Waals surface area contributed by atoms with Gasteiger partial charge < -0.3 is 10.2 Å². The van der Waals surface area contributed by atoms with Crippen molar-refractivity contribution in [1.82, 2.24) is 10.2 Å². The number of halogens is 3. The molecule has 0 saturated heterocycles. The molecule has 0 saturated carbocycles. The molecule has 0 radical (unpaired) electrons. The lowest BCUT2D eigenvalue weighted by molar-refractivity contribution is -0.139. The Labute approximate surface area is 232 Å². The largest absolute Gasteiger partial charge is 0.354 e. The molecule has 0 bridgehead atoms. The van der Waals surface area contributed by atoms with Gasteiger partial charge in [-0.05, 0) is 41.3 Å². The van der Waals surface area contributed by atoms with Crippen LogP contribution in [0.1, 0.15) is 30.0 Å². The fourth-order valence-electron chi connectivity index (χ4n) is 3.72. The highest BCUT2D eigenvalue weighted by Crippen LogP contribution is 2.29. The molecule has 0 fully saturated rings. The Kier molecular flexibility index (Phi) is 11.5. The Bertz CT molecular complexity index is 1140. The summed E-state index contributed by atoms with van der Waals surface area (Å²) < 4.78 is 0. The van der Waals surface area contributed by atoms with Gasteiger partial charge in [0.25, 0.3) is 0 Å². The van der Waals surface area contributed by atoms with E-state index in [2.05, 4.69) is 5.32 Å². The molecule has 3 aromatic carbocycles. The summed E-state index contributed by atoms with van der Waals surface area (Å²) in [5.41, 5.74) is 2.55. The van der Waals surface area contributed by atoms with E-state index in [-0.39, 0.29) is 24.1 Å². The first-order chi connectivity index (χ1) is 17.4. The van der Waals surface area contributed by atoms with Crippen LogP contribution in [0.5, 0.6) is 0 Å². The van der Waals surface area contributed by atoms with Gasteiger partial charge in [-0.3, -0.25) is 9.59 Å². The van der Waals surface area contributed by atoms with Crippen LogP contribution in [0.3, 0.4) is 0 Å². The molecule has 0 aliphatic rings. The maximum atomic E-state index is 13.6. The molecule has 4 nitrogen and oxygen atoms in total. The van der Waals surface area contributed by atoms with Crippen LogP contribution in [0.4, 0.5) is 0 Å². The summed E-state index contributed by atoms with van der Waals surface area (Å²) in [6, 6.07) is 21.8. The monoisotopic (exact) mass is 562 g/mol. The molecule has 3 rings (SSSR count). The van der Waals surface area contributed by atoms with E-state index in [9.17, 15) is 9.59 Å². The number of rotatable bonds is 12. The highest BCUT2D eigenvalue weighted by atomic mass is 35.5. The van der Waals surface area contributed by atoms with Crippen molar-refractivity contribution >= 4 is 58.4 Å². The minimum absolute atomic E-state index is 0.157. The highest BCUT2D eigenvalue weighted by molar-refractivity contribution is 7.99. The summed E-state index contributed by atoms with van der Waals surface area (Å²) >= 11 is 20.5. The average molecular weight is 564 g/mol. The minimum atomic E-state index is -0.688. The first-order valence-corrected chi connectivity index (χ1v) is 14.0. The van der Waals surface area contributed by atoms with Gasteiger partial charge in [-0.15, -0.1) is 11.8 Å². The first-order valence-electron chi connectivity index (χ1n) is 11.8. The molecule has 0 spiro atoms. The fraction of sp³-hybridized carbons (Fsp3) is 0.286. The van der Waals surface area contributed by atoms with Crippen molar-refractivity contribution in [3.8, 4) is 0 Å². The molecule has 190 valence electrons. The van der Waals surface area contributed by atoms with Crippen LogP contribution in [0, 0.1) is 0 Å². The van der Waals surface area contributed by atoms with E-state index in [1.165, 1.54) is 11.8 Å². The Hall–Kier alpha value is -2.18. The molecule has 0 heterocycles. The highest BCUT2D eigenvalue weighted by Gasteiger charge is 2.30. The molecule has 0 unspecified atom stereocenters. The Balaban J connectivity index is 1.86. The lowest BCUT2D eigenvalue weighted by atomic mass is 10.0. The van der Waals surface area contributed by atoms with Crippen LogP contribution in [0.15, 0.2) is 72.8 Å². The van der Waals surface area contributed by atoms with E-state index < -0.39 is 6.04 Å². The SMILES string of the molecule is CCCNC(=O)[C@H](Cc1ccccc1)N(Cc1ccccc1Cl)C(=O)CSCc1c(Cl)cccc1Cl. The lowest BCUT2D eigenvalue weighted by Crippen LogP contribution is -2.51. The van der Waals surface area contributed by atoms with Crippen LogP contribution in [-0.4, -0.2) is 35.1 Å². The molecular formula is C28H29Cl3N2O2S. The van der Waals surface area contributed by atoms with Gasteiger partial charge >= 0.3 is 0 Å². The number of amides is 2. The summed E-state index contributed by atoms with van der Waals surface area (Å²) in [5, 5.41) is 4.66. The number of nitrogens with zero attached hydrogens (tertiary/aromatic N) is 1. The van der Waals surface area contributed by atoms with E-state index in [0.717, 1.165) is 23.1 Å². The molecular weight excluding hydrogens is 535 g/mol. The fourth-order valence-corrected chi connectivity index (χ4v) is 5.57. The van der Waals surface area contributed by atoms with Gasteiger partial charge in [0.2, 0.25) is 11.8 Å². The van der Waals surface area contributed by atoms with E-state index in [0.29, 0.717) is 33.8 Å².